The molecule has 0 bridgehead atoms. The molecule has 21 heavy (non-hydrogen) atoms. The van der Waals surface area contributed by atoms with Crippen molar-refractivity contribution in [1.29, 1.82) is 0 Å². The van der Waals surface area contributed by atoms with Gasteiger partial charge in [-0.15, -0.1) is 0 Å². The molecule has 0 radical (unpaired) electrons. The second-order valence-corrected chi connectivity index (χ2v) is 6.81. The van der Waals surface area contributed by atoms with E-state index in [9.17, 15) is 13.2 Å². The van der Waals surface area contributed by atoms with Gasteiger partial charge in [-0.2, -0.15) is 4.31 Å². The van der Waals surface area contributed by atoms with Gasteiger partial charge in [-0.25, -0.2) is 8.42 Å². The van der Waals surface area contributed by atoms with Crippen molar-refractivity contribution in [2.45, 2.75) is 30.9 Å². The Balaban J connectivity index is 2.26. The fraction of sp³-hybridized carbons (Fsp3) is 0.357. The second kappa shape index (κ2) is 5.87. The highest BCUT2D eigenvalue weighted by atomic mass is 32.2. The number of nitrogens with zero attached hydrogens (tertiary/aromatic N) is 1. The average Bonchev–Trinajstić information content (AvgIpc) is 2.88. The third-order valence-electron chi connectivity index (χ3n) is 2.97. The van der Waals surface area contributed by atoms with Crippen molar-refractivity contribution in [3.63, 3.8) is 0 Å². The molecule has 1 N–H and O–H groups in total. The molecule has 0 fully saturated rings. The minimum absolute atomic E-state index is 0.00775. The van der Waals surface area contributed by atoms with Crippen molar-refractivity contribution >= 4 is 16.0 Å². The Morgan fingerprint density at radius 2 is 1.95 bits per heavy atom. The number of benzene rings is 1. The Morgan fingerprint density at radius 1 is 1.33 bits per heavy atom. The van der Waals surface area contributed by atoms with Crippen molar-refractivity contribution in [2.75, 3.05) is 6.54 Å². The van der Waals surface area contributed by atoms with Crippen molar-refractivity contribution in [1.82, 2.24) is 4.31 Å². The van der Waals surface area contributed by atoms with Gasteiger partial charge in [0, 0.05) is 6.54 Å². The van der Waals surface area contributed by atoms with Crippen LogP contribution in [0.3, 0.4) is 0 Å². The number of rotatable bonds is 5. The van der Waals surface area contributed by atoms with Crippen LogP contribution in [0.4, 0.5) is 0 Å². The fourth-order valence-electron chi connectivity index (χ4n) is 2.05. The van der Waals surface area contributed by atoms with E-state index < -0.39 is 22.0 Å². The highest BCUT2D eigenvalue weighted by Crippen LogP contribution is 2.24. The van der Waals surface area contributed by atoms with Gasteiger partial charge >= 0.3 is 5.97 Å². The normalized spacial score (nSPS) is 19.1. The zero-order valence-electron chi connectivity index (χ0n) is 11.8. The molecule has 1 aliphatic rings. The third kappa shape index (κ3) is 3.25. The number of aliphatic carboxylic acids is 1. The van der Waals surface area contributed by atoms with E-state index in [4.69, 9.17) is 9.84 Å². The van der Waals surface area contributed by atoms with Crippen LogP contribution >= 0.6 is 0 Å². The number of carboxylic acids is 1. The van der Waals surface area contributed by atoms with Crippen LogP contribution in [0.5, 0.6) is 5.75 Å². The maximum atomic E-state index is 12.5. The van der Waals surface area contributed by atoms with Gasteiger partial charge in [0.15, 0.2) is 0 Å². The van der Waals surface area contributed by atoms with Crippen LogP contribution in [0.2, 0.25) is 0 Å². The molecule has 1 unspecified atom stereocenters. The maximum Gasteiger partial charge on any atom is 0.326 e. The zero-order chi connectivity index (χ0) is 15.6. The number of hydrogen-bond acceptors (Lipinski definition) is 4. The average molecular weight is 311 g/mol. The molecule has 0 saturated carbocycles. The first-order valence-corrected chi connectivity index (χ1v) is 7.94. The SMILES string of the molecule is CC(C)Oc1ccc(S(=O)(=O)N2CC=CC2C(=O)O)cc1. The van der Waals surface area contributed by atoms with Gasteiger partial charge in [0.2, 0.25) is 10.0 Å². The molecule has 2 rings (SSSR count). The first-order chi connectivity index (χ1) is 9.82. The predicted molar refractivity (Wildman–Crippen MR) is 76.7 cm³/mol. The number of carboxylic acid groups (broad SMARTS) is 1. The molecule has 114 valence electrons. The number of sulfonamides is 1. The summed E-state index contributed by atoms with van der Waals surface area (Å²) in [5, 5.41) is 9.06. The van der Waals surface area contributed by atoms with Crippen LogP contribution in [-0.2, 0) is 14.8 Å². The Morgan fingerprint density at radius 3 is 2.48 bits per heavy atom. The summed E-state index contributed by atoms with van der Waals surface area (Å²) in [5.41, 5.74) is 0. The molecule has 1 aliphatic heterocycles. The third-order valence-corrected chi connectivity index (χ3v) is 4.83. The second-order valence-electron chi connectivity index (χ2n) is 4.92. The van der Waals surface area contributed by atoms with Crippen LogP contribution in [0, 0.1) is 0 Å². The van der Waals surface area contributed by atoms with Crippen LogP contribution < -0.4 is 4.74 Å². The van der Waals surface area contributed by atoms with Crippen LogP contribution in [0.15, 0.2) is 41.3 Å². The van der Waals surface area contributed by atoms with E-state index >= 15 is 0 Å². The van der Waals surface area contributed by atoms with Crippen molar-refractivity contribution in [2.24, 2.45) is 0 Å². The van der Waals surface area contributed by atoms with E-state index in [0.29, 0.717) is 5.75 Å². The van der Waals surface area contributed by atoms with E-state index in [1.807, 2.05) is 13.8 Å². The van der Waals surface area contributed by atoms with Gasteiger partial charge in [0.05, 0.1) is 11.0 Å². The molecule has 1 heterocycles. The molecular weight excluding hydrogens is 294 g/mol. The summed E-state index contributed by atoms with van der Waals surface area (Å²) >= 11 is 0. The van der Waals surface area contributed by atoms with Gasteiger partial charge in [0.25, 0.3) is 0 Å². The minimum Gasteiger partial charge on any atom is -0.491 e. The summed E-state index contributed by atoms with van der Waals surface area (Å²) in [6.07, 6.45) is 2.90. The fourth-order valence-corrected chi connectivity index (χ4v) is 3.55. The van der Waals surface area contributed by atoms with Gasteiger partial charge in [-0.1, -0.05) is 12.2 Å². The van der Waals surface area contributed by atoms with Gasteiger partial charge in [-0.05, 0) is 38.1 Å². The van der Waals surface area contributed by atoms with Crippen LogP contribution in [0.25, 0.3) is 0 Å². The molecule has 1 aromatic carbocycles. The molecule has 0 spiro atoms. The summed E-state index contributed by atoms with van der Waals surface area (Å²) in [5.74, 6) is -0.620. The van der Waals surface area contributed by atoms with Crippen molar-refractivity contribution < 1.29 is 23.1 Å². The molecule has 0 aromatic heterocycles. The summed E-state index contributed by atoms with van der Waals surface area (Å²) in [6.45, 7) is 3.81. The molecular formula is C14H17NO5S. The Kier molecular flexibility index (Phi) is 4.34. The predicted octanol–water partition coefficient (Wildman–Crippen LogP) is 1.49. The van der Waals surface area contributed by atoms with Gasteiger partial charge in [0.1, 0.15) is 11.8 Å². The largest absolute Gasteiger partial charge is 0.491 e. The Hall–Kier alpha value is -1.86. The number of hydrogen-bond donors (Lipinski definition) is 1. The summed E-state index contributed by atoms with van der Waals surface area (Å²) in [6, 6.07) is 4.81. The van der Waals surface area contributed by atoms with E-state index in [2.05, 4.69) is 0 Å². The highest BCUT2D eigenvalue weighted by Gasteiger charge is 2.36. The summed E-state index contributed by atoms with van der Waals surface area (Å²) in [7, 11) is -3.84. The quantitative estimate of drug-likeness (QED) is 0.833. The number of carbonyl (C=O) groups is 1. The van der Waals surface area contributed by atoms with Crippen LogP contribution in [-0.4, -0.2) is 42.5 Å². The topological polar surface area (TPSA) is 83.9 Å². The minimum atomic E-state index is -3.84. The van der Waals surface area contributed by atoms with Crippen molar-refractivity contribution in [3.8, 4) is 5.75 Å². The lowest BCUT2D eigenvalue weighted by Gasteiger charge is -2.21. The molecule has 0 amide bonds. The van der Waals surface area contributed by atoms with Crippen LogP contribution in [0.1, 0.15) is 13.8 Å². The first kappa shape index (κ1) is 15.5. The standard InChI is InChI=1S/C14H17NO5S/c1-10(2)20-11-5-7-12(8-6-11)21(18,19)15-9-3-4-13(15)14(16)17/h3-8,10,13H,9H2,1-2H3,(H,16,17). The van der Waals surface area contributed by atoms with E-state index in [1.54, 1.807) is 12.1 Å². The lowest BCUT2D eigenvalue weighted by atomic mass is 10.3. The van der Waals surface area contributed by atoms with E-state index in [-0.39, 0.29) is 17.5 Å². The Bertz CT molecular complexity index is 648. The van der Waals surface area contributed by atoms with E-state index in [1.165, 1.54) is 24.3 Å². The van der Waals surface area contributed by atoms with Crippen molar-refractivity contribution in [3.05, 3.63) is 36.4 Å². The lowest BCUT2D eigenvalue weighted by Crippen LogP contribution is -2.40. The van der Waals surface area contributed by atoms with Gasteiger partial charge < -0.3 is 9.84 Å². The molecule has 0 saturated heterocycles. The Labute approximate surface area is 123 Å². The first-order valence-electron chi connectivity index (χ1n) is 6.50. The molecule has 1 atom stereocenters. The maximum absolute atomic E-state index is 12.5. The number of ether oxygens (including phenoxy) is 1. The van der Waals surface area contributed by atoms with E-state index in [0.717, 1.165) is 4.31 Å². The lowest BCUT2D eigenvalue weighted by molar-refractivity contribution is -0.139. The molecule has 7 heteroatoms. The smallest absolute Gasteiger partial charge is 0.326 e. The molecule has 6 nitrogen and oxygen atoms in total. The molecule has 0 aliphatic carbocycles. The highest BCUT2D eigenvalue weighted by molar-refractivity contribution is 7.89. The summed E-state index contributed by atoms with van der Waals surface area (Å²) in [4.78, 5) is 11.1. The summed E-state index contributed by atoms with van der Waals surface area (Å²) < 4.78 is 31.3. The van der Waals surface area contributed by atoms with Gasteiger partial charge in [-0.3, -0.25) is 4.79 Å². The zero-order valence-corrected chi connectivity index (χ0v) is 12.6. The molecule has 1 aromatic rings. The monoisotopic (exact) mass is 311 g/mol.